The molecule has 64 valence electrons. The monoisotopic (exact) mass is 173 g/mol. The minimum Gasteiger partial charge on any atom is -0.464 e. The molecule has 0 bridgehead atoms. The largest absolute Gasteiger partial charge is 0.464 e. The Balaban J connectivity index is 3.05. The third-order valence-electron chi connectivity index (χ3n) is 1.20. The summed E-state index contributed by atoms with van der Waals surface area (Å²) in [4.78, 5) is 14.0. The third-order valence-corrected chi connectivity index (χ3v) is 1.20. The van der Waals surface area contributed by atoms with Gasteiger partial charge in [-0.1, -0.05) is 0 Å². The van der Waals surface area contributed by atoms with Gasteiger partial charge in [-0.3, -0.25) is 0 Å². The van der Waals surface area contributed by atoms with Crippen LogP contribution in [0.3, 0.4) is 0 Å². The van der Waals surface area contributed by atoms with Gasteiger partial charge in [-0.25, -0.2) is 18.6 Å². The lowest BCUT2D eigenvalue weighted by Crippen LogP contribution is -2.05. The van der Waals surface area contributed by atoms with E-state index in [0.717, 1.165) is 7.11 Å². The first-order valence-corrected chi connectivity index (χ1v) is 3.04. The van der Waals surface area contributed by atoms with Crippen molar-refractivity contribution in [3.8, 4) is 0 Å². The first-order chi connectivity index (χ1) is 5.65. The lowest BCUT2D eigenvalue weighted by molar-refractivity contribution is 0.0593. The van der Waals surface area contributed by atoms with Crippen LogP contribution < -0.4 is 0 Å². The van der Waals surface area contributed by atoms with Gasteiger partial charge < -0.3 is 4.74 Å². The zero-order chi connectivity index (χ0) is 9.14. The summed E-state index contributed by atoms with van der Waals surface area (Å²) in [7, 11) is 1.13. The summed E-state index contributed by atoms with van der Waals surface area (Å²) in [6.07, 6.45) is 0.627. The quantitative estimate of drug-likeness (QED) is 0.598. The van der Waals surface area contributed by atoms with Crippen LogP contribution in [0.25, 0.3) is 0 Å². The van der Waals surface area contributed by atoms with E-state index in [1.165, 1.54) is 0 Å². The first-order valence-electron chi connectivity index (χ1n) is 3.04. The number of esters is 1. The molecular weight excluding hydrogens is 168 g/mol. The summed E-state index contributed by atoms with van der Waals surface area (Å²) in [5.74, 6) is -3.01. The number of ether oxygens (including phenoxy) is 1. The molecule has 0 saturated heterocycles. The molecule has 0 aliphatic rings. The summed E-state index contributed by atoms with van der Waals surface area (Å²) in [6, 6.07) is 0.682. The summed E-state index contributed by atoms with van der Waals surface area (Å²) >= 11 is 0. The van der Waals surface area contributed by atoms with Crippen LogP contribution in [0.2, 0.25) is 0 Å². The molecule has 1 rings (SSSR count). The normalized spacial score (nSPS) is 9.58. The minimum atomic E-state index is -1.12. The molecule has 0 radical (unpaired) electrons. The molecule has 1 aromatic rings. The Labute approximate surface area is 67.0 Å². The Morgan fingerprint density at radius 2 is 2.17 bits per heavy atom. The molecule has 0 aliphatic heterocycles. The van der Waals surface area contributed by atoms with Crippen molar-refractivity contribution in [2.45, 2.75) is 0 Å². The van der Waals surface area contributed by atoms with E-state index >= 15 is 0 Å². The standard InChI is InChI=1S/C7H5F2NO2/c1-12-7(11)6-2-4(8)5(9)3-10-6/h2-3H,1H3. The maximum Gasteiger partial charge on any atom is 0.356 e. The Hall–Kier alpha value is -1.52. The van der Waals surface area contributed by atoms with Crippen molar-refractivity contribution >= 4 is 5.97 Å². The van der Waals surface area contributed by atoms with Crippen LogP contribution in [0, 0.1) is 11.6 Å². The average Bonchev–Trinajstić information content (AvgIpc) is 2.08. The highest BCUT2D eigenvalue weighted by Gasteiger charge is 2.10. The van der Waals surface area contributed by atoms with Crippen molar-refractivity contribution in [2.75, 3.05) is 7.11 Å². The zero-order valence-corrected chi connectivity index (χ0v) is 6.17. The highest BCUT2D eigenvalue weighted by Crippen LogP contribution is 2.05. The van der Waals surface area contributed by atoms with Crippen LogP contribution in [0.5, 0.6) is 0 Å². The molecule has 0 saturated carbocycles. The van der Waals surface area contributed by atoms with Gasteiger partial charge in [0.25, 0.3) is 0 Å². The molecule has 0 fully saturated rings. The average molecular weight is 173 g/mol. The van der Waals surface area contributed by atoms with Crippen molar-refractivity contribution in [1.29, 1.82) is 0 Å². The van der Waals surface area contributed by atoms with Gasteiger partial charge in [-0.2, -0.15) is 0 Å². The summed E-state index contributed by atoms with van der Waals surface area (Å²) in [5.41, 5.74) is -0.253. The van der Waals surface area contributed by atoms with Crippen LogP contribution in [0.4, 0.5) is 8.78 Å². The Bertz CT molecular complexity index is 314. The molecular formula is C7H5F2NO2. The number of halogens is 2. The zero-order valence-electron chi connectivity index (χ0n) is 6.17. The topological polar surface area (TPSA) is 39.2 Å². The predicted molar refractivity (Wildman–Crippen MR) is 35.5 cm³/mol. The van der Waals surface area contributed by atoms with Crippen molar-refractivity contribution in [1.82, 2.24) is 4.98 Å². The number of pyridine rings is 1. The summed E-state index contributed by atoms with van der Waals surface area (Å²) in [6.45, 7) is 0. The van der Waals surface area contributed by atoms with Gasteiger partial charge in [0.1, 0.15) is 0 Å². The number of methoxy groups -OCH3 is 1. The number of nitrogens with zero attached hydrogens (tertiary/aromatic N) is 1. The van der Waals surface area contributed by atoms with E-state index in [-0.39, 0.29) is 5.69 Å². The summed E-state index contributed by atoms with van der Waals surface area (Å²) < 4.78 is 29.0. The number of hydrogen-bond acceptors (Lipinski definition) is 3. The molecule has 0 N–H and O–H groups in total. The molecule has 0 amide bonds. The number of carbonyl (C=O) groups is 1. The smallest absolute Gasteiger partial charge is 0.356 e. The fraction of sp³-hybridized carbons (Fsp3) is 0.143. The minimum absolute atomic E-state index is 0.253. The second-order valence-electron chi connectivity index (χ2n) is 1.98. The van der Waals surface area contributed by atoms with Crippen LogP contribution in [-0.2, 0) is 4.74 Å². The van der Waals surface area contributed by atoms with E-state index in [9.17, 15) is 13.6 Å². The Morgan fingerprint density at radius 3 is 2.67 bits per heavy atom. The molecule has 0 unspecified atom stereocenters. The van der Waals surface area contributed by atoms with Crippen LogP contribution in [-0.4, -0.2) is 18.1 Å². The second-order valence-corrected chi connectivity index (χ2v) is 1.98. The van der Waals surface area contributed by atoms with Crippen LogP contribution in [0.1, 0.15) is 10.5 Å². The van der Waals surface area contributed by atoms with E-state index in [4.69, 9.17) is 0 Å². The fourth-order valence-corrected chi connectivity index (χ4v) is 0.630. The molecule has 0 aliphatic carbocycles. The first kappa shape index (κ1) is 8.58. The maximum absolute atomic E-state index is 12.5. The van der Waals surface area contributed by atoms with Crippen molar-refractivity contribution in [2.24, 2.45) is 0 Å². The Kier molecular flexibility index (Phi) is 2.32. The molecule has 3 nitrogen and oxygen atoms in total. The highest BCUT2D eigenvalue weighted by atomic mass is 19.2. The number of hydrogen-bond donors (Lipinski definition) is 0. The predicted octanol–water partition coefficient (Wildman–Crippen LogP) is 1.15. The maximum atomic E-state index is 12.5. The van der Waals surface area contributed by atoms with Crippen molar-refractivity contribution in [3.05, 3.63) is 29.6 Å². The van der Waals surface area contributed by atoms with Gasteiger partial charge >= 0.3 is 5.97 Å². The third kappa shape index (κ3) is 1.55. The van der Waals surface area contributed by atoms with E-state index in [1.54, 1.807) is 0 Å². The molecule has 0 spiro atoms. The molecule has 0 aromatic carbocycles. The van der Waals surface area contributed by atoms with Crippen LogP contribution in [0.15, 0.2) is 12.3 Å². The second kappa shape index (κ2) is 3.25. The highest BCUT2D eigenvalue weighted by molar-refractivity contribution is 5.86. The van der Waals surface area contributed by atoms with Gasteiger partial charge in [-0.15, -0.1) is 0 Å². The fourth-order valence-electron chi connectivity index (χ4n) is 0.630. The van der Waals surface area contributed by atoms with Gasteiger partial charge in [0.15, 0.2) is 17.3 Å². The number of aromatic nitrogens is 1. The number of rotatable bonds is 1. The van der Waals surface area contributed by atoms with Crippen LogP contribution >= 0.6 is 0 Å². The van der Waals surface area contributed by atoms with E-state index in [2.05, 4.69) is 9.72 Å². The molecule has 0 atom stereocenters. The van der Waals surface area contributed by atoms with E-state index in [1.807, 2.05) is 0 Å². The van der Waals surface area contributed by atoms with E-state index < -0.39 is 17.6 Å². The lowest BCUT2D eigenvalue weighted by Gasteiger charge is -1.97. The molecule has 5 heteroatoms. The summed E-state index contributed by atoms with van der Waals surface area (Å²) in [5, 5.41) is 0. The van der Waals surface area contributed by atoms with Crippen molar-refractivity contribution in [3.63, 3.8) is 0 Å². The SMILES string of the molecule is COC(=O)c1cc(F)c(F)cn1. The van der Waals surface area contributed by atoms with Crippen molar-refractivity contribution < 1.29 is 18.3 Å². The number of carbonyl (C=O) groups excluding carboxylic acids is 1. The molecule has 1 aromatic heterocycles. The Morgan fingerprint density at radius 1 is 1.50 bits per heavy atom. The van der Waals surface area contributed by atoms with Gasteiger partial charge in [-0.05, 0) is 0 Å². The van der Waals surface area contributed by atoms with Gasteiger partial charge in [0.05, 0.1) is 13.3 Å². The molecule has 12 heavy (non-hydrogen) atoms. The van der Waals surface area contributed by atoms with E-state index in [0.29, 0.717) is 12.3 Å². The lowest BCUT2D eigenvalue weighted by atomic mass is 10.3. The van der Waals surface area contributed by atoms with Gasteiger partial charge in [0.2, 0.25) is 0 Å². The van der Waals surface area contributed by atoms with Gasteiger partial charge in [0, 0.05) is 6.07 Å². The molecule has 1 heterocycles.